The first kappa shape index (κ1) is 19.6. The fourth-order valence-corrected chi connectivity index (χ4v) is 4.50. The van der Waals surface area contributed by atoms with E-state index >= 15 is 0 Å². The summed E-state index contributed by atoms with van der Waals surface area (Å²) in [6, 6.07) is 11.2. The summed E-state index contributed by atoms with van der Waals surface area (Å²) in [7, 11) is -1.70. The highest BCUT2D eigenvalue weighted by molar-refractivity contribution is 7.93. The number of benzene rings is 1. The smallest absolute Gasteiger partial charge is 0.261 e. The highest BCUT2D eigenvalue weighted by atomic mass is 35.5. The molecule has 0 atom stereocenters. The Labute approximate surface area is 146 Å². The van der Waals surface area contributed by atoms with Crippen molar-refractivity contribution in [2.24, 2.45) is 0 Å². The maximum absolute atomic E-state index is 12.4. The van der Waals surface area contributed by atoms with E-state index in [2.05, 4.69) is 10.6 Å². The minimum absolute atomic E-state index is 0. The zero-order valence-corrected chi connectivity index (χ0v) is 15.1. The first-order valence-electron chi connectivity index (χ1n) is 6.88. The van der Waals surface area contributed by atoms with Gasteiger partial charge in [-0.2, -0.15) is 0 Å². The van der Waals surface area contributed by atoms with E-state index in [1.807, 2.05) is 7.05 Å². The molecule has 23 heavy (non-hydrogen) atoms. The van der Waals surface area contributed by atoms with Crippen LogP contribution in [0.2, 0.25) is 0 Å². The topological polar surface area (TPSA) is 75.3 Å². The molecule has 8 heteroatoms. The Morgan fingerprint density at radius 3 is 2.43 bits per heavy atom. The largest absolute Gasteiger partial charge is 0.351 e. The molecule has 0 fully saturated rings. The van der Waals surface area contributed by atoms with Gasteiger partial charge in [0, 0.05) is 6.54 Å². The summed E-state index contributed by atoms with van der Waals surface area (Å²) in [5.74, 6) is -0.240. The predicted octanol–water partition coefficient (Wildman–Crippen LogP) is 2.34. The van der Waals surface area contributed by atoms with Crippen LogP contribution in [0.5, 0.6) is 0 Å². The average molecular weight is 375 g/mol. The van der Waals surface area contributed by atoms with Crippen LogP contribution in [0.4, 0.5) is 0 Å². The van der Waals surface area contributed by atoms with Gasteiger partial charge in [-0.3, -0.25) is 4.79 Å². The lowest BCUT2D eigenvalue weighted by Crippen LogP contribution is -2.25. The molecular weight excluding hydrogens is 356 g/mol. The van der Waals surface area contributed by atoms with Gasteiger partial charge >= 0.3 is 0 Å². The van der Waals surface area contributed by atoms with Gasteiger partial charge in [-0.15, -0.1) is 23.7 Å². The Balaban J connectivity index is 0.00000264. The van der Waals surface area contributed by atoms with Gasteiger partial charge in [0.15, 0.2) is 0 Å². The van der Waals surface area contributed by atoms with Gasteiger partial charge in [0.05, 0.1) is 9.77 Å². The minimum atomic E-state index is -3.55. The quantitative estimate of drug-likeness (QED) is 0.729. The lowest BCUT2D eigenvalue weighted by molar-refractivity contribution is 0.0957. The summed E-state index contributed by atoms with van der Waals surface area (Å²) in [5.41, 5.74) is 0. The van der Waals surface area contributed by atoms with Gasteiger partial charge in [0.1, 0.15) is 4.21 Å². The number of hydrogen-bond donors (Lipinski definition) is 2. The molecule has 2 aromatic rings. The van der Waals surface area contributed by atoms with Crippen molar-refractivity contribution in [3.63, 3.8) is 0 Å². The Morgan fingerprint density at radius 1 is 1.09 bits per heavy atom. The molecule has 1 aromatic carbocycles. The summed E-state index contributed by atoms with van der Waals surface area (Å²) < 4.78 is 25.1. The van der Waals surface area contributed by atoms with Crippen LogP contribution in [-0.2, 0) is 9.84 Å². The molecule has 126 valence electrons. The molecule has 0 saturated carbocycles. The molecule has 2 rings (SSSR count). The molecule has 1 amide bonds. The maximum atomic E-state index is 12.4. The molecule has 0 spiro atoms. The Bertz CT molecular complexity index is 730. The number of hydrogen-bond acceptors (Lipinski definition) is 5. The fraction of sp³-hybridized carbons (Fsp3) is 0.267. The van der Waals surface area contributed by atoms with Crippen LogP contribution in [0.15, 0.2) is 51.6 Å². The van der Waals surface area contributed by atoms with Crippen LogP contribution in [0.25, 0.3) is 0 Å². The van der Waals surface area contributed by atoms with E-state index in [-0.39, 0.29) is 27.4 Å². The average Bonchev–Trinajstić information content (AvgIpc) is 3.03. The molecule has 0 saturated heterocycles. The number of nitrogens with one attached hydrogen (secondary N) is 2. The summed E-state index contributed by atoms with van der Waals surface area (Å²) in [6.45, 7) is 1.37. The van der Waals surface area contributed by atoms with Crippen molar-refractivity contribution in [3.8, 4) is 0 Å². The number of amides is 1. The van der Waals surface area contributed by atoms with Crippen molar-refractivity contribution >= 4 is 39.5 Å². The van der Waals surface area contributed by atoms with E-state index in [0.29, 0.717) is 11.4 Å². The fourth-order valence-electron chi connectivity index (χ4n) is 1.86. The van der Waals surface area contributed by atoms with Crippen molar-refractivity contribution < 1.29 is 13.2 Å². The molecule has 1 aromatic heterocycles. The zero-order valence-electron chi connectivity index (χ0n) is 12.6. The van der Waals surface area contributed by atoms with Gasteiger partial charge in [0.25, 0.3) is 5.91 Å². The van der Waals surface area contributed by atoms with Crippen LogP contribution in [-0.4, -0.2) is 34.5 Å². The van der Waals surface area contributed by atoms with Gasteiger partial charge < -0.3 is 10.6 Å². The summed E-state index contributed by atoms with van der Waals surface area (Å²) in [5, 5.41) is 5.77. The van der Waals surface area contributed by atoms with Crippen molar-refractivity contribution in [2.45, 2.75) is 15.5 Å². The molecule has 2 N–H and O–H groups in total. The first-order chi connectivity index (χ1) is 10.6. The Hall–Kier alpha value is -1.41. The number of carbonyl (C=O) groups is 1. The molecule has 0 bridgehead atoms. The molecule has 0 aliphatic carbocycles. The molecule has 5 nitrogen and oxygen atoms in total. The van der Waals surface area contributed by atoms with Crippen molar-refractivity contribution in [1.29, 1.82) is 0 Å². The second-order valence-corrected chi connectivity index (χ2v) is 7.91. The van der Waals surface area contributed by atoms with Gasteiger partial charge in [-0.25, -0.2) is 8.42 Å². The summed E-state index contributed by atoms with van der Waals surface area (Å²) in [4.78, 5) is 12.6. The number of sulfone groups is 1. The predicted molar refractivity (Wildman–Crippen MR) is 94.3 cm³/mol. The van der Waals surface area contributed by atoms with Gasteiger partial charge in [-0.05, 0) is 44.3 Å². The van der Waals surface area contributed by atoms with Crippen LogP contribution >= 0.6 is 23.7 Å². The third-order valence-corrected chi connectivity index (χ3v) is 6.36. The van der Waals surface area contributed by atoms with E-state index in [4.69, 9.17) is 0 Å². The number of halogens is 1. The molecule has 0 aliphatic heterocycles. The van der Waals surface area contributed by atoms with E-state index in [0.717, 1.165) is 24.3 Å². The molecular formula is C15H19ClN2O3S2. The van der Waals surface area contributed by atoms with Gasteiger partial charge in [0.2, 0.25) is 9.84 Å². The van der Waals surface area contributed by atoms with E-state index in [1.165, 1.54) is 6.07 Å². The number of thiophene rings is 1. The maximum Gasteiger partial charge on any atom is 0.261 e. The monoisotopic (exact) mass is 374 g/mol. The summed E-state index contributed by atoms with van der Waals surface area (Å²) in [6.07, 6.45) is 0.822. The van der Waals surface area contributed by atoms with E-state index in [1.54, 1.807) is 36.4 Å². The molecule has 0 unspecified atom stereocenters. The third-order valence-electron chi connectivity index (χ3n) is 3.01. The standard InChI is InChI=1S/C15H18N2O3S2.ClH/c1-16-10-5-11-17-15(18)13-8-9-14(21-13)22(19,20)12-6-3-2-4-7-12;/h2-4,6-9,16H,5,10-11H2,1H3,(H,17,18);1H. The van der Waals surface area contributed by atoms with Crippen LogP contribution in [0, 0.1) is 0 Å². The SMILES string of the molecule is CNCCCNC(=O)c1ccc(S(=O)(=O)c2ccccc2)s1.Cl. The van der Waals surface area contributed by atoms with E-state index < -0.39 is 9.84 Å². The highest BCUT2D eigenvalue weighted by Gasteiger charge is 2.21. The second-order valence-electron chi connectivity index (χ2n) is 4.65. The van der Waals surface area contributed by atoms with Crippen LogP contribution < -0.4 is 10.6 Å². The first-order valence-corrected chi connectivity index (χ1v) is 9.18. The normalized spacial score (nSPS) is 10.8. The second kappa shape index (κ2) is 9.02. The highest BCUT2D eigenvalue weighted by Crippen LogP contribution is 2.27. The van der Waals surface area contributed by atoms with Crippen molar-refractivity contribution in [3.05, 3.63) is 47.3 Å². The van der Waals surface area contributed by atoms with Crippen LogP contribution in [0.1, 0.15) is 16.1 Å². The van der Waals surface area contributed by atoms with Crippen molar-refractivity contribution in [2.75, 3.05) is 20.1 Å². The number of carbonyl (C=O) groups excluding carboxylic acids is 1. The Kier molecular flexibility index (Phi) is 7.70. The lowest BCUT2D eigenvalue weighted by atomic mass is 10.4. The molecule has 1 heterocycles. The zero-order chi connectivity index (χ0) is 16.0. The van der Waals surface area contributed by atoms with Crippen molar-refractivity contribution in [1.82, 2.24) is 10.6 Å². The lowest BCUT2D eigenvalue weighted by Gasteiger charge is -2.03. The molecule has 0 radical (unpaired) electrons. The summed E-state index contributed by atoms with van der Waals surface area (Å²) >= 11 is 0.991. The Morgan fingerprint density at radius 2 is 1.78 bits per heavy atom. The minimum Gasteiger partial charge on any atom is -0.351 e. The van der Waals surface area contributed by atoms with E-state index in [9.17, 15) is 13.2 Å². The van der Waals surface area contributed by atoms with Crippen LogP contribution in [0.3, 0.4) is 0 Å². The molecule has 0 aliphatic rings. The van der Waals surface area contributed by atoms with Gasteiger partial charge in [-0.1, -0.05) is 18.2 Å². The number of rotatable bonds is 7. The third kappa shape index (κ3) is 5.04.